The highest BCUT2D eigenvalue weighted by atomic mass is 31.1. The molecule has 0 fully saturated rings. The summed E-state index contributed by atoms with van der Waals surface area (Å²) in [7, 11) is -2.48. The molecule has 0 amide bonds. The number of hydrogen-bond acceptors (Lipinski definition) is 1. The van der Waals surface area contributed by atoms with Crippen LogP contribution in [-0.2, 0) is 4.57 Å². The van der Waals surface area contributed by atoms with Gasteiger partial charge in [0.25, 0.3) is 0 Å². The molecule has 1 N–H and O–H groups in total. The van der Waals surface area contributed by atoms with E-state index in [1.54, 1.807) is 0 Å². The fourth-order valence-corrected chi connectivity index (χ4v) is 4.19. The standard InChI is InChI=1S/C16H35O2P/c1-8-10-14(16(7,9-2)19(17)18)11-13(3)12-15(4,5)6/h13-14,19H,8-12H2,1-7H3,(H,17,18). The van der Waals surface area contributed by atoms with Crippen molar-refractivity contribution in [2.45, 2.75) is 85.7 Å². The van der Waals surface area contributed by atoms with Gasteiger partial charge >= 0.3 is 0 Å². The van der Waals surface area contributed by atoms with Crippen LogP contribution in [0.2, 0.25) is 0 Å². The van der Waals surface area contributed by atoms with E-state index in [1.807, 2.05) is 6.92 Å². The molecular formula is C16H35O2P. The van der Waals surface area contributed by atoms with E-state index in [0.717, 1.165) is 25.7 Å². The summed E-state index contributed by atoms with van der Waals surface area (Å²) < 4.78 is 11.8. The maximum atomic E-state index is 11.8. The van der Waals surface area contributed by atoms with Crippen molar-refractivity contribution in [1.82, 2.24) is 0 Å². The lowest BCUT2D eigenvalue weighted by atomic mass is 9.76. The van der Waals surface area contributed by atoms with Crippen molar-refractivity contribution in [2.24, 2.45) is 17.3 Å². The van der Waals surface area contributed by atoms with Crippen molar-refractivity contribution in [3.05, 3.63) is 0 Å². The van der Waals surface area contributed by atoms with E-state index in [2.05, 4.69) is 41.5 Å². The first-order valence-electron chi connectivity index (χ1n) is 7.80. The maximum absolute atomic E-state index is 11.8. The van der Waals surface area contributed by atoms with E-state index < -0.39 is 8.03 Å². The third-order valence-electron chi connectivity index (χ3n) is 4.41. The van der Waals surface area contributed by atoms with Gasteiger partial charge in [0.2, 0.25) is 0 Å². The second-order valence-electron chi connectivity index (χ2n) is 7.67. The lowest BCUT2D eigenvalue weighted by Crippen LogP contribution is -2.32. The van der Waals surface area contributed by atoms with E-state index in [9.17, 15) is 9.46 Å². The molecule has 0 radical (unpaired) electrons. The molecule has 4 unspecified atom stereocenters. The second-order valence-corrected chi connectivity index (χ2v) is 9.42. The highest BCUT2D eigenvalue weighted by Crippen LogP contribution is 2.48. The Balaban J connectivity index is 4.87. The first kappa shape index (κ1) is 19.2. The normalized spacial score (nSPS) is 20.6. The molecule has 116 valence electrons. The fourth-order valence-electron chi connectivity index (χ4n) is 3.27. The summed E-state index contributed by atoms with van der Waals surface area (Å²) in [5.74, 6) is 0.986. The average molecular weight is 290 g/mol. The number of rotatable bonds is 8. The summed E-state index contributed by atoms with van der Waals surface area (Å²) in [5.41, 5.74) is 0.337. The van der Waals surface area contributed by atoms with Gasteiger partial charge in [-0.15, -0.1) is 0 Å². The van der Waals surface area contributed by atoms with Gasteiger partial charge in [0.15, 0.2) is 8.03 Å². The average Bonchev–Trinajstić information content (AvgIpc) is 2.24. The molecule has 0 aliphatic heterocycles. The molecule has 0 saturated heterocycles. The number of hydrogen-bond donors (Lipinski definition) is 1. The zero-order valence-electron chi connectivity index (χ0n) is 14.0. The molecule has 0 aromatic heterocycles. The molecule has 3 heteroatoms. The Hall–Kier alpha value is 0.190. The molecular weight excluding hydrogens is 255 g/mol. The van der Waals surface area contributed by atoms with Crippen LogP contribution in [-0.4, -0.2) is 10.0 Å². The third-order valence-corrected chi connectivity index (χ3v) is 6.15. The second kappa shape index (κ2) is 7.84. The molecule has 0 aliphatic rings. The Labute approximate surface area is 121 Å². The van der Waals surface area contributed by atoms with Crippen molar-refractivity contribution in [3.63, 3.8) is 0 Å². The van der Waals surface area contributed by atoms with E-state index in [-0.39, 0.29) is 5.16 Å². The van der Waals surface area contributed by atoms with Gasteiger partial charge in [-0.3, -0.25) is 4.57 Å². The van der Waals surface area contributed by atoms with Gasteiger partial charge in [-0.1, -0.05) is 54.9 Å². The van der Waals surface area contributed by atoms with Gasteiger partial charge in [0.05, 0.1) is 0 Å². The van der Waals surface area contributed by atoms with Crippen LogP contribution >= 0.6 is 8.03 Å². The Morgan fingerprint density at radius 2 is 1.68 bits per heavy atom. The van der Waals surface area contributed by atoms with Gasteiger partial charge < -0.3 is 4.89 Å². The summed E-state index contributed by atoms with van der Waals surface area (Å²) in [4.78, 5) is 9.76. The Kier molecular flexibility index (Phi) is 7.91. The van der Waals surface area contributed by atoms with Crippen LogP contribution in [0.1, 0.15) is 80.6 Å². The minimum absolute atomic E-state index is 0.337. The first-order chi connectivity index (χ1) is 8.56. The van der Waals surface area contributed by atoms with Crippen LogP contribution in [0.5, 0.6) is 0 Å². The summed E-state index contributed by atoms with van der Waals surface area (Å²) >= 11 is 0. The quantitative estimate of drug-likeness (QED) is 0.599. The smallest absolute Gasteiger partial charge is 0.195 e. The predicted octanol–water partition coefficient (Wildman–Crippen LogP) is 5.50. The van der Waals surface area contributed by atoms with Crippen LogP contribution in [0.15, 0.2) is 0 Å². The van der Waals surface area contributed by atoms with Gasteiger partial charge in [0, 0.05) is 5.16 Å². The molecule has 0 spiro atoms. The predicted molar refractivity (Wildman–Crippen MR) is 86.2 cm³/mol. The molecule has 0 aliphatic carbocycles. The molecule has 4 atom stereocenters. The third kappa shape index (κ3) is 6.45. The van der Waals surface area contributed by atoms with Crippen LogP contribution in [0.25, 0.3) is 0 Å². The minimum atomic E-state index is -2.48. The highest BCUT2D eigenvalue weighted by molar-refractivity contribution is 7.40. The fraction of sp³-hybridized carbons (Fsp3) is 1.00. The minimum Gasteiger partial charge on any atom is -0.346 e. The molecule has 19 heavy (non-hydrogen) atoms. The van der Waals surface area contributed by atoms with Crippen LogP contribution < -0.4 is 0 Å². The highest BCUT2D eigenvalue weighted by Gasteiger charge is 2.37. The van der Waals surface area contributed by atoms with Gasteiger partial charge in [0.1, 0.15) is 0 Å². The molecule has 2 nitrogen and oxygen atoms in total. The van der Waals surface area contributed by atoms with Crippen molar-refractivity contribution in [3.8, 4) is 0 Å². The lowest BCUT2D eigenvalue weighted by molar-refractivity contribution is 0.225. The molecule has 0 saturated carbocycles. The van der Waals surface area contributed by atoms with Crippen LogP contribution in [0.3, 0.4) is 0 Å². The monoisotopic (exact) mass is 290 g/mol. The van der Waals surface area contributed by atoms with Crippen LogP contribution in [0, 0.1) is 17.3 Å². The summed E-state index contributed by atoms with van der Waals surface area (Å²) in [6.07, 6.45) is 5.22. The topological polar surface area (TPSA) is 37.3 Å². The van der Waals surface area contributed by atoms with Crippen molar-refractivity contribution >= 4 is 8.03 Å². The molecule has 0 heterocycles. The van der Waals surface area contributed by atoms with Gasteiger partial charge in [-0.2, -0.15) is 0 Å². The molecule has 0 aromatic rings. The van der Waals surface area contributed by atoms with Crippen molar-refractivity contribution in [2.75, 3.05) is 0 Å². The van der Waals surface area contributed by atoms with E-state index >= 15 is 0 Å². The SMILES string of the molecule is CCCC(CC(C)CC(C)(C)C)C(C)(CC)[PH](=O)O. The zero-order valence-corrected chi connectivity index (χ0v) is 15.0. The Morgan fingerprint density at radius 1 is 1.16 bits per heavy atom. The largest absolute Gasteiger partial charge is 0.346 e. The molecule has 0 rings (SSSR count). The zero-order chi connectivity index (χ0) is 15.3. The summed E-state index contributed by atoms with van der Waals surface area (Å²) in [6, 6.07) is 0. The van der Waals surface area contributed by atoms with E-state index in [4.69, 9.17) is 0 Å². The maximum Gasteiger partial charge on any atom is 0.195 e. The Bertz CT molecular complexity index is 283. The first-order valence-corrected chi connectivity index (χ1v) is 9.15. The van der Waals surface area contributed by atoms with Gasteiger partial charge in [-0.25, -0.2) is 0 Å². The van der Waals surface area contributed by atoms with Crippen molar-refractivity contribution in [1.29, 1.82) is 0 Å². The lowest BCUT2D eigenvalue weighted by Gasteiger charge is -2.37. The summed E-state index contributed by atoms with van der Waals surface area (Å²) in [5, 5.41) is -0.382. The summed E-state index contributed by atoms with van der Waals surface area (Å²) in [6.45, 7) is 15.3. The molecule has 0 aromatic carbocycles. The van der Waals surface area contributed by atoms with E-state index in [0.29, 0.717) is 17.3 Å². The van der Waals surface area contributed by atoms with Crippen LogP contribution in [0.4, 0.5) is 0 Å². The molecule has 0 bridgehead atoms. The van der Waals surface area contributed by atoms with Gasteiger partial charge in [-0.05, 0) is 42.9 Å². The Morgan fingerprint density at radius 3 is 2.00 bits per heavy atom. The van der Waals surface area contributed by atoms with Crippen molar-refractivity contribution < 1.29 is 9.46 Å². The van der Waals surface area contributed by atoms with E-state index in [1.165, 1.54) is 6.42 Å².